The molecule has 0 radical (unpaired) electrons. The number of hydrogen-bond donors (Lipinski definition) is 2. The van der Waals surface area contributed by atoms with Crippen molar-refractivity contribution in [1.29, 1.82) is 0 Å². The summed E-state index contributed by atoms with van der Waals surface area (Å²) in [6.07, 6.45) is 0. The minimum absolute atomic E-state index is 0.122. The molecule has 4 aromatic rings. The number of carbonyl (C=O) groups excluding carboxylic acids is 1. The summed E-state index contributed by atoms with van der Waals surface area (Å²) in [5, 5.41) is 3.19. The first-order valence-corrected chi connectivity index (χ1v) is 12.5. The summed E-state index contributed by atoms with van der Waals surface area (Å²) in [7, 11) is -3.80. The lowest BCUT2D eigenvalue weighted by molar-refractivity contribution is 0.0943. The first-order chi connectivity index (χ1) is 16.3. The van der Waals surface area contributed by atoms with E-state index in [0.717, 1.165) is 16.7 Å². The quantitative estimate of drug-likeness (QED) is 0.335. The molecule has 34 heavy (non-hydrogen) atoms. The standard InChI is InChI=1S/C27H23ClN2O3S/c1-19-12-14-21(15-13-19)26(20-8-4-2-5-9-20)29-27(31)22-16-17-25(24(28)18-22)30-34(32,33)23-10-6-3-7-11-23/h2-18,26,30H,1H3,(H,29,31)/t26-/m1/s1. The lowest BCUT2D eigenvalue weighted by Gasteiger charge is -2.20. The van der Waals surface area contributed by atoms with E-state index in [2.05, 4.69) is 10.0 Å². The molecule has 0 aromatic heterocycles. The summed E-state index contributed by atoms with van der Waals surface area (Å²) in [6, 6.07) is 29.8. The van der Waals surface area contributed by atoms with Gasteiger partial charge in [-0.25, -0.2) is 8.42 Å². The first kappa shape index (κ1) is 23.5. The average Bonchev–Trinajstić information content (AvgIpc) is 2.85. The van der Waals surface area contributed by atoms with Crippen LogP contribution in [0.4, 0.5) is 5.69 Å². The van der Waals surface area contributed by atoms with Gasteiger partial charge in [-0.05, 0) is 48.4 Å². The second-order valence-electron chi connectivity index (χ2n) is 7.84. The van der Waals surface area contributed by atoms with Gasteiger partial charge in [-0.2, -0.15) is 0 Å². The van der Waals surface area contributed by atoms with Crippen molar-refractivity contribution >= 4 is 33.2 Å². The van der Waals surface area contributed by atoms with Gasteiger partial charge in [0, 0.05) is 5.56 Å². The van der Waals surface area contributed by atoms with E-state index >= 15 is 0 Å². The Bertz CT molecular complexity index is 1390. The van der Waals surface area contributed by atoms with Crippen LogP contribution >= 0.6 is 11.6 Å². The topological polar surface area (TPSA) is 75.3 Å². The Morgan fingerprint density at radius 1 is 0.794 bits per heavy atom. The second-order valence-corrected chi connectivity index (χ2v) is 9.93. The van der Waals surface area contributed by atoms with Crippen LogP contribution in [0, 0.1) is 6.92 Å². The molecule has 2 N–H and O–H groups in total. The van der Waals surface area contributed by atoms with Crippen LogP contribution in [0.3, 0.4) is 0 Å². The minimum atomic E-state index is -3.80. The molecule has 4 rings (SSSR count). The van der Waals surface area contributed by atoms with E-state index in [1.807, 2.05) is 61.5 Å². The lowest BCUT2D eigenvalue weighted by Crippen LogP contribution is -2.29. The van der Waals surface area contributed by atoms with Gasteiger partial charge in [0.1, 0.15) is 0 Å². The molecule has 5 nitrogen and oxygen atoms in total. The van der Waals surface area contributed by atoms with Crippen LogP contribution < -0.4 is 10.0 Å². The van der Waals surface area contributed by atoms with Crippen molar-refractivity contribution < 1.29 is 13.2 Å². The largest absolute Gasteiger partial charge is 0.341 e. The number of rotatable bonds is 7. The molecule has 0 aliphatic heterocycles. The second kappa shape index (κ2) is 10.1. The van der Waals surface area contributed by atoms with E-state index in [1.54, 1.807) is 24.3 Å². The highest BCUT2D eigenvalue weighted by molar-refractivity contribution is 7.92. The van der Waals surface area contributed by atoms with Crippen molar-refractivity contribution in [3.63, 3.8) is 0 Å². The van der Waals surface area contributed by atoms with Crippen LogP contribution in [-0.2, 0) is 10.0 Å². The number of amides is 1. The molecule has 0 aliphatic carbocycles. The molecule has 0 saturated carbocycles. The Hall–Kier alpha value is -3.61. The van der Waals surface area contributed by atoms with Gasteiger partial charge in [0.25, 0.3) is 15.9 Å². The normalized spacial score (nSPS) is 12.1. The third-order valence-corrected chi connectivity index (χ3v) is 7.04. The summed E-state index contributed by atoms with van der Waals surface area (Å²) < 4.78 is 27.7. The average molecular weight is 491 g/mol. The van der Waals surface area contributed by atoms with Crippen molar-refractivity contribution in [3.8, 4) is 0 Å². The molecular formula is C27H23ClN2O3S. The van der Waals surface area contributed by atoms with E-state index in [4.69, 9.17) is 11.6 Å². The highest BCUT2D eigenvalue weighted by Crippen LogP contribution is 2.27. The molecule has 172 valence electrons. The molecule has 0 bridgehead atoms. The first-order valence-electron chi connectivity index (χ1n) is 10.6. The van der Waals surface area contributed by atoms with Gasteiger partial charge < -0.3 is 5.32 Å². The minimum Gasteiger partial charge on any atom is -0.341 e. The predicted molar refractivity (Wildman–Crippen MR) is 136 cm³/mol. The SMILES string of the molecule is Cc1ccc([C@H](NC(=O)c2ccc(NS(=O)(=O)c3ccccc3)c(Cl)c2)c2ccccc2)cc1. The van der Waals surface area contributed by atoms with E-state index in [0.29, 0.717) is 5.56 Å². The molecule has 1 atom stereocenters. The van der Waals surface area contributed by atoms with Gasteiger partial charge >= 0.3 is 0 Å². The van der Waals surface area contributed by atoms with Crippen LogP contribution in [0.1, 0.15) is 33.1 Å². The monoisotopic (exact) mass is 490 g/mol. The third kappa shape index (κ3) is 5.47. The van der Waals surface area contributed by atoms with Crippen LogP contribution in [-0.4, -0.2) is 14.3 Å². The third-order valence-electron chi connectivity index (χ3n) is 5.35. The van der Waals surface area contributed by atoms with Crippen LogP contribution in [0.5, 0.6) is 0 Å². The number of halogens is 1. The van der Waals surface area contributed by atoms with E-state index in [-0.39, 0.29) is 27.6 Å². The smallest absolute Gasteiger partial charge is 0.261 e. The van der Waals surface area contributed by atoms with Crippen molar-refractivity contribution in [2.45, 2.75) is 17.9 Å². The maximum Gasteiger partial charge on any atom is 0.261 e. The van der Waals surface area contributed by atoms with Crippen molar-refractivity contribution in [2.75, 3.05) is 4.72 Å². The molecule has 7 heteroatoms. The Morgan fingerprint density at radius 3 is 2.00 bits per heavy atom. The molecule has 0 spiro atoms. The lowest BCUT2D eigenvalue weighted by atomic mass is 9.97. The van der Waals surface area contributed by atoms with Crippen molar-refractivity contribution in [1.82, 2.24) is 5.32 Å². The summed E-state index contributed by atoms with van der Waals surface area (Å²) in [4.78, 5) is 13.3. The van der Waals surface area contributed by atoms with Gasteiger partial charge in [0.05, 0.1) is 21.6 Å². The summed E-state index contributed by atoms with van der Waals surface area (Å²) >= 11 is 6.35. The van der Waals surface area contributed by atoms with Crippen LogP contribution in [0.2, 0.25) is 5.02 Å². The Balaban J connectivity index is 1.57. The number of nitrogens with one attached hydrogen (secondary N) is 2. The number of benzene rings is 4. The summed E-state index contributed by atoms with van der Waals surface area (Å²) in [5.41, 5.74) is 3.53. The van der Waals surface area contributed by atoms with Crippen molar-refractivity contribution in [2.24, 2.45) is 0 Å². The predicted octanol–water partition coefficient (Wildman–Crippen LogP) is 5.97. The molecule has 0 unspecified atom stereocenters. The fraction of sp³-hybridized carbons (Fsp3) is 0.0741. The zero-order valence-corrected chi connectivity index (χ0v) is 20.0. The number of hydrogen-bond acceptors (Lipinski definition) is 3. The molecule has 0 aliphatic rings. The van der Waals surface area contributed by atoms with Crippen LogP contribution in [0.15, 0.2) is 108 Å². The van der Waals surface area contributed by atoms with Crippen LogP contribution in [0.25, 0.3) is 0 Å². The fourth-order valence-corrected chi connectivity index (χ4v) is 4.91. The summed E-state index contributed by atoms with van der Waals surface area (Å²) in [5.74, 6) is -0.325. The molecular weight excluding hydrogens is 468 g/mol. The zero-order chi connectivity index (χ0) is 24.1. The Labute approximate surface area is 204 Å². The summed E-state index contributed by atoms with van der Waals surface area (Å²) in [6.45, 7) is 2.01. The number of aryl methyl sites for hydroxylation is 1. The molecule has 0 fully saturated rings. The van der Waals surface area contributed by atoms with E-state index < -0.39 is 10.0 Å². The molecule has 4 aromatic carbocycles. The Kier molecular flexibility index (Phi) is 7.01. The molecule has 1 amide bonds. The highest BCUT2D eigenvalue weighted by Gasteiger charge is 2.20. The van der Waals surface area contributed by atoms with Gasteiger partial charge in [-0.1, -0.05) is 90.0 Å². The number of sulfonamides is 1. The highest BCUT2D eigenvalue weighted by atomic mass is 35.5. The maximum absolute atomic E-state index is 13.1. The molecule has 0 heterocycles. The fourth-order valence-electron chi connectivity index (χ4n) is 3.52. The van der Waals surface area contributed by atoms with Gasteiger partial charge in [0.2, 0.25) is 0 Å². The number of anilines is 1. The Morgan fingerprint density at radius 2 is 1.38 bits per heavy atom. The van der Waals surface area contributed by atoms with Crippen molar-refractivity contribution in [3.05, 3.63) is 130 Å². The van der Waals surface area contributed by atoms with Gasteiger partial charge in [0.15, 0.2) is 0 Å². The van der Waals surface area contributed by atoms with E-state index in [9.17, 15) is 13.2 Å². The molecule has 0 saturated heterocycles. The number of carbonyl (C=O) groups is 1. The zero-order valence-electron chi connectivity index (χ0n) is 18.4. The van der Waals surface area contributed by atoms with Gasteiger partial charge in [-0.15, -0.1) is 0 Å². The maximum atomic E-state index is 13.1. The van der Waals surface area contributed by atoms with E-state index in [1.165, 1.54) is 24.3 Å². The van der Waals surface area contributed by atoms with Gasteiger partial charge in [-0.3, -0.25) is 9.52 Å².